The molecule has 9 heteroatoms. The number of nitrogens with one attached hydrogen (secondary N) is 1. The molecule has 2 aromatic heterocycles. The average Bonchev–Trinajstić information content (AvgIpc) is 3.01. The second-order valence-electron chi connectivity index (χ2n) is 3.83. The lowest BCUT2D eigenvalue weighted by atomic mass is 10.3. The number of carboxylic acid groups (broad SMARTS) is 1. The first-order valence-electron chi connectivity index (χ1n) is 5.51. The zero-order valence-electron chi connectivity index (χ0n) is 9.94. The Morgan fingerprint density at radius 3 is 3.15 bits per heavy atom. The number of thioether (sulfide) groups is 1. The molecule has 0 aliphatic rings. The van der Waals surface area contributed by atoms with Crippen LogP contribution in [0.3, 0.4) is 0 Å². The van der Waals surface area contributed by atoms with Crippen molar-refractivity contribution in [2.75, 3.05) is 5.75 Å². The molecule has 0 aliphatic heterocycles. The summed E-state index contributed by atoms with van der Waals surface area (Å²) in [6.45, 7) is 0. The third kappa shape index (κ3) is 2.32. The predicted octanol–water partition coefficient (Wildman–Crippen LogP) is 1.35. The summed E-state index contributed by atoms with van der Waals surface area (Å²) in [5.41, 5.74) is 2.82. The Kier molecular flexibility index (Phi) is 3.28. The van der Waals surface area contributed by atoms with Gasteiger partial charge in [0, 0.05) is 0 Å². The number of nitrogens with zero attached hydrogens (tertiary/aromatic N) is 3. The molecule has 0 unspecified atom stereocenters. The second-order valence-corrected chi connectivity index (χ2v) is 5.66. The molecule has 2 heterocycles. The van der Waals surface area contributed by atoms with Gasteiger partial charge in [-0.3, -0.25) is 4.79 Å². The third-order valence-corrected chi connectivity index (χ3v) is 4.25. The van der Waals surface area contributed by atoms with Crippen molar-refractivity contribution in [1.29, 1.82) is 0 Å². The summed E-state index contributed by atoms with van der Waals surface area (Å²) < 4.78 is 2.30. The molecule has 0 bridgehead atoms. The van der Waals surface area contributed by atoms with Crippen LogP contribution in [-0.4, -0.2) is 36.6 Å². The van der Waals surface area contributed by atoms with Crippen LogP contribution in [0.25, 0.3) is 15.9 Å². The highest BCUT2D eigenvalue weighted by molar-refractivity contribution is 7.99. The van der Waals surface area contributed by atoms with Gasteiger partial charge < -0.3 is 5.11 Å². The fraction of sp³-hybridized carbons (Fsp3) is 0.0909. The molecule has 3 rings (SSSR count). The van der Waals surface area contributed by atoms with E-state index < -0.39 is 11.7 Å². The molecule has 0 radical (unpaired) electrons. The molecule has 0 saturated carbocycles. The lowest BCUT2D eigenvalue weighted by molar-refractivity contribution is -0.133. The Hall–Kier alpha value is -2.13. The number of rotatable bonds is 4. The maximum atomic E-state index is 11.8. The molecule has 0 spiro atoms. The van der Waals surface area contributed by atoms with Crippen LogP contribution in [0, 0.1) is 0 Å². The van der Waals surface area contributed by atoms with E-state index in [1.807, 2.05) is 12.1 Å². The van der Waals surface area contributed by atoms with Gasteiger partial charge in [-0.15, -0.1) is 16.4 Å². The first-order chi connectivity index (χ1) is 9.65. The van der Waals surface area contributed by atoms with Crippen molar-refractivity contribution in [3.8, 4) is 5.69 Å². The van der Waals surface area contributed by atoms with E-state index in [0.717, 1.165) is 22.0 Å². The summed E-state index contributed by atoms with van der Waals surface area (Å²) in [5, 5.41) is 15.2. The van der Waals surface area contributed by atoms with Crippen molar-refractivity contribution in [2.45, 2.75) is 5.16 Å². The summed E-state index contributed by atoms with van der Waals surface area (Å²) in [7, 11) is 0. The van der Waals surface area contributed by atoms with E-state index in [9.17, 15) is 9.59 Å². The number of aliphatic carboxylic acids is 1. The molecule has 7 nitrogen and oxygen atoms in total. The van der Waals surface area contributed by atoms with Gasteiger partial charge in [-0.25, -0.2) is 19.4 Å². The molecule has 0 amide bonds. The van der Waals surface area contributed by atoms with Gasteiger partial charge in [-0.05, 0) is 18.2 Å². The molecule has 20 heavy (non-hydrogen) atoms. The zero-order valence-corrected chi connectivity index (χ0v) is 11.6. The summed E-state index contributed by atoms with van der Waals surface area (Å²) in [6, 6.07) is 5.39. The molecule has 0 atom stereocenters. The van der Waals surface area contributed by atoms with Gasteiger partial charge in [-0.2, -0.15) is 0 Å². The van der Waals surface area contributed by atoms with E-state index in [-0.39, 0.29) is 5.75 Å². The normalized spacial score (nSPS) is 11.0. The van der Waals surface area contributed by atoms with Crippen LogP contribution in [-0.2, 0) is 4.79 Å². The van der Waals surface area contributed by atoms with Crippen LogP contribution in [0.4, 0.5) is 0 Å². The lowest BCUT2D eigenvalue weighted by Gasteiger charge is -2.04. The maximum absolute atomic E-state index is 11.8. The minimum Gasteiger partial charge on any atom is -0.481 e. The van der Waals surface area contributed by atoms with E-state index >= 15 is 0 Å². The highest BCUT2D eigenvalue weighted by Crippen LogP contribution is 2.23. The van der Waals surface area contributed by atoms with Crippen LogP contribution in [0.2, 0.25) is 0 Å². The number of fused-ring (bicyclic) bond motifs is 1. The molecule has 0 saturated heterocycles. The van der Waals surface area contributed by atoms with E-state index in [2.05, 4.69) is 15.2 Å². The van der Waals surface area contributed by atoms with E-state index in [4.69, 9.17) is 5.11 Å². The lowest BCUT2D eigenvalue weighted by Crippen LogP contribution is -2.15. The average molecular weight is 308 g/mol. The largest absolute Gasteiger partial charge is 0.481 e. The van der Waals surface area contributed by atoms with Crippen molar-refractivity contribution >= 4 is 39.3 Å². The van der Waals surface area contributed by atoms with E-state index in [1.54, 1.807) is 11.6 Å². The Bertz CT molecular complexity index is 835. The third-order valence-electron chi connectivity index (χ3n) is 2.54. The molecular formula is C11H8N4O3S2. The van der Waals surface area contributed by atoms with Crippen molar-refractivity contribution in [3.63, 3.8) is 0 Å². The number of benzene rings is 1. The van der Waals surface area contributed by atoms with Gasteiger partial charge >= 0.3 is 11.7 Å². The number of thiazole rings is 1. The standard InChI is InChI=1S/C11H8N4O3S2/c16-9(17)4-19-11-14-13-10(18)15(11)6-1-2-7-8(3-6)20-5-12-7/h1-3,5H,4H2,(H,13,18)(H,16,17). The van der Waals surface area contributed by atoms with Crippen LogP contribution in [0.1, 0.15) is 0 Å². The van der Waals surface area contributed by atoms with Gasteiger partial charge in [0.1, 0.15) is 0 Å². The summed E-state index contributed by atoms with van der Waals surface area (Å²) in [5.74, 6) is -1.12. The van der Waals surface area contributed by atoms with Crippen LogP contribution in [0.15, 0.2) is 33.7 Å². The van der Waals surface area contributed by atoms with Crippen LogP contribution < -0.4 is 5.69 Å². The fourth-order valence-electron chi connectivity index (χ4n) is 1.72. The van der Waals surface area contributed by atoms with E-state index in [1.165, 1.54) is 15.9 Å². The molecule has 2 N–H and O–H groups in total. The molecule has 0 fully saturated rings. The van der Waals surface area contributed by atoms with Gasteiger partial charge in [0.25, 0.3) is 0 Å². The molecule has 0 aliphatic carbocycles. The van der Waals surface area contributed by atoms with Crippen LogP contribution >= 0.6 is 23.1 Å². The molecule has 102 valence electrons. The second kappa shape index (κ2) is 5.10. The zero-order chi connectivity index (χ0) is 14.1. The number of carbonyl (C=O) groups is 1. The number of H-pyrrole nitrogens is 1. The minimum atomic E-state index is -0.963. The molecule has 1 aromatic carbocycles. The van der Waals surface area contributed by atoms with Crippen molar-refractivity contribution in [1.82, 2.24) is 19.7 Å². The SMILES string of the molecule is O=C(O)CSc1n[nH]c(=O)n1-c1ccc2ncsc2c1. The molecule has 3 aromatic rings. The highest BCUT2D eigenvalue weighted by Gasteiger charge is 2.13. The topological polar surface area (TPSA) is 101 Å². The monoisotopic (exact) mass is 308 g/mol. The smallest absolute Gasteiger partial charge is 0.348 e. The Balaban J connectivity index is 2.05. The van der Waals surface area contributed by atoms with Crippen molar-refractivity contribution < 1.29 is 9.90 Å². The predicted molar refractivity (Wildman–Crippen MR) is 75.7 cm³/mol. The Morgan fingerprint density at radius 1 is 1.50 bits per heavy atom. The maximum Gasteiger partial charge on any atom is 0.348 e. The van der Waals surface area contributed by atoms with Crippen molar-refractivity contribution in [3.05, 3.63) is 34.2 Å². The molecular weight excluding hydrogens is 300 g/mol. The number of carboxylic acids is 1. The highest BCUT2D eigenvalue weighted by atomic mass is 32.2. The number of aromatic amines is 1. The first-order valence-corrected chi connectivity index (χ1v) is 7.37. The summed E-state index contributed by atoms with van der Waals surface area (Å²) in [4.78, 5) is 26.6. The van der Waals surface area contributed by atoms with E-state index in [0.29, 0.717) is 10.8 Å². The minimum absolute atomic E-state index is 0.160. The van der Waals surface area contributed by atoms with Gasteiger partial charge in [0.15, 0.2) is 5.16 Å². The van der Waals surface area contributed by atoms with Gasteiger partial charge in [0.2, 0.25) is 0 Å². The Morgan fingerprint density at radius 2 is 2.35 bits per heavy atom. The number of aromatic nitrogens is 4. The number of hydrogen-bond donors (Lipinski definition) is 2. The summed E-state index contributed by atoms with van der Waals surface area (Å²) in [6.07, 6.45) is 0. The van der Waals surface area contributed by atoms with Gasteiger partial charge in [0.05, 0.1) is 27.2 Å². The van der Waals surface area contributed by atoms with Crippen LogP contribution in [0.5, 0.6) is 0 Å². The number of hydrogen-bond acceptors (Lipinski definition) is 6. The Labute approximate surface area is 120 Å². The first kappa shape index (κ1) is 12.9. The fourth-order valence-corrected chi connectivity index (χ4v) is 3.11. The quantitative estimate of drug-likeness (QED) is 0.706. The van der Waals surface area contributed by atoms with Crippen molar-refractivity contribution in [2.24, 2.45) is 0 Å². The van der Waals surface area contributed by atoms with Gasteiger partial charge in [-0.1, -0.05) is 11.8 Å². The summed E-state index contributed by atoms with van der Waals surface area (Å²) >= 11 is 2.46.